The van der Waals surface area contributed by atoms with Gasteiger partial charge in [0.15, 0.2) is 5.60 Å². The fourth-order valence-electron chi connectivity index (χ4n) is 1.92. The summed E-state index contributed by atoms with van der Waals surface area (Å²) < 4.78 is 27.8. The maximum atomic E-state index is 13.6. The van der Waals surface area contributed by atoms with Gasteiger partial charge >= 0.3 is 5.92 Å². The third-order valence-corrected chi connectivity index (χ3v) is 3.44. The molecule has 104 valence electrons. The Morgan fingerprint density at radius 3 is 2.63 bits per heavy atom. The molecule has 19 heavy (non-hydrogen) atoms. The average Bonchev–Trinajstić information content (AvgIpc) is 2.74. The number of nitrogens with zero attached hydrogens (tertiary/aromatic N) is 3. The second-order valence-electron chi connectivity index (χ2n) is 4.34. The van der Waals surface area contributed by atoms with Crippen LogP contribution in [0.25, 0.3) is 0 Å². The van der Waals surface area contributed by atoms with Crippen LogP contribution in [0.3, 0.4) is 0 Å². The number of carbonyl (C=O) groups is 1. The smallest absolute Gasteiger partial charge is 0.353 e. The lowest BCUT2D eigenvalue weighted by molar-refractivity contribution is -0.183. The molecule has 2 rings (SSSR count). The summed E-state index contributed by atoms with van der Waals surface area (Å²) in [5.74, 6) is -5.62. The topological polar surface area (TPSA) is 92.3 Å². The standard InChI is InChI=1S/C10H11BrF2N4O2/c11-6-3-15-8(16-4-6)17-2-1-9(19,5-17)10(12,13)7(14)18/h3-4,19H,1-2,5H2,(H2,14,18). The van der Waals surface area contributed by atoms with Crippen molar-refractivity contribution < 1.29 is 18.7 Å². The number of β-amino-alcohol motifs (C(OH)–C–C–N with tert-alkyl or cyclic N) is 1. The van der Waals surface area contributed by atoms with Gasteiger partial charge in [-0.15, -0.1) is 0 Å². The number of anilines is 1. The van der Waals surface area contributed by atoms with Crippen LogP contribution in [-0.4, -0.2) is 45.6 Å². The van der Waals surface area contributed by atoms with Gasteiger partial charge in [-0.2, -0.15) is 8.78 Å². The number of amides is 1. The first-order valence-corrected chi connectivity index (χ1v) is 6.18. The number of aliphatic hydroxyl groups is 1. The highest BCUT2D eigenvalue weighted by Crippen LogP contribution is 2.37. The van der Waals surface area contributed by atoms with Crippen LogP contribution in [0, 0.1) is 0 Å². The first-order chi connectivity index (χ1) is 8.76. The molecular formula is C10H11BrF2N4O2. The fraction of sp³-hybridized carbons (Fsp3) is 0.500. The molecule has 1 saturated heterocycles. The van der Waals surface area contributed by atoms with Crippen molar-refractivity contribution in [3.63, 3.8) is 0 Å². The van der Waals surface area contributed by atoms with Gasteiger partial charge in [0.1, 0.15) is 0 Å². The molecule has 0 bridgehead atoms. The van der Waals surface area contributed by atoms with Gasteiger partial charge in [0.2, 0.25) is 5.95 Å². The maximum Gasteiger partial charge on any atom is 0.353 e. The zero-order valence-electron chi connectivity index (χ0n) is 9.68. The molecule has 2 heterocycles. The molecule has 0 saturated carbocycles. The van der Waals surface area contributed by atoms with E-state index in [-0.39, 0.29) is 18.9 Å². The average molecular weight is 337 g/mol. The molecule has 1 aliphatic heterocycles. The van der Waals surface area contributed by atoms with Crippen molar-refractivity contribution in [1.82, 2.24) is 9.97 Å². The van der Waals surface area contributed by atoms with E-state index in [4.69, 9.17) is 0 Å². The third kappa shape index (κ3) is 2.39. The van der Waals surface area contributed by atoms with E-state index >= 15 is 0 Å². The number of rotatable bonds is 3. The molecule has 1 atom stereocenters. The molecule has 1 unspecified atom stereocenters. The Bertz CT molecular complexity index is 499. The maximum absolute atomic E-state index is 13.6. The Morgan fingerprint density at radius 1 is 1.53 bits per heavy atom. The van der Waals surface area contributed by atoms with Gasteiger partial charge < -0.3 is 15.7 Å². The number of carbonyl (C=O) groups excluding carboxylic acids is 1. The minimum Gasteiger partial charge on any atom is -0.381 e. The second-order valence-corrected chi connectivity index (χ2v) is 5.26. The van der Waals surface area contributed by atoms with E-state index in [0.717, 1.165) is 0 Å². The first kappa shape index (κ1) is 14.1. The van der Waals surface area contributed by atoms with Crippen molar-refractivity contribution in [2.45, 2.75) is 17.9 Å². The van der Waals surface area contributed by atoms with Gasteiger partial charge in [-0.3, -0.25) is 4.79 Å². The highest BCUT2D eigenvalue weighted by molar-refractivity contribution is 9.10. The highest BCUT2D eigenvalue weighted by Gasteiger charge is 2.60. The lowest BCUT2D eigenvalue weighted by atomic mass is 9.94. The SMILES string of the molecule is NC(=O)C(F)(F)C1(O)CCN(c2ncc(Br)cn2)C1. The van der Waals surface area contributed by atoms with Gasteiger partial charge in [-0.1, -0.05) is 0 Å². The van der Waals surface area contributed by atoms with E-state index < -0.39 is 24.0 Å². The molecule has 6 nitrogen and oxygen atoms in total. The summed E-state index contributed by atoms with van der Waals surface area (Å²) in [5.41, 5.74) is 2.14. The Hall–Kier alpha value is -1.35. The van der Waals surface area contributed by atoms with E-state index in [9.17, 15) is 18.7 Å². The predicted octanol–water partition coefficient (Wildman–Crippen LogP) is 0.301. The second kappa shape index (κ2) is 4.64. The van der Waals surface area contributed by atoms with Crippen molar-refractivity contribution in [3.8, 4) is 0 Å². The van der Waals surface area contributed by atoms with Crippen LogP contribution in [0.5, 0.6) is 0 Å². The molecule has 9 heteroatoms. The predicted molar refractivity (Wildman–Crippen MR) is 65.7 cm³/mol. The molecule has 1 aromatic heterocycles. The molecule has 1 aliphatic rings. The van der Waals surface area contributed by atoms with Crippen molar-refractivity contribution >= 4 is 27.8 Å². The van der Waals surface area contributed by atoms with E-state index in [0.29, 0.717) is 4.47 Å². The van der Waals surface area contributed by atoms with Crippen LogP contribution in [-0.2, 0) is 4.79 Å². The van der Waals surface area contributed by atoms with Crippen molar-refractivity contribution in [2.24, 2.45) is 5.73 Å². The summed E-state index contributed by atoms with van der Waals surface area (Å²) in [7, 11) is 0. The molecule has 0 radical (unpaired) electrons. The van der Waals surface area contributed by atoms with E-state index in [1.807, 2.05) is 0 Å². The highest BCUT2D eigenvalue weighted by atomic mass is 79.9. The van der Waals surface area contributed by atoms with Crippen LogP contribution >= 0.6 is 15.9 Å². The number of alkyl halides is 2. The zero-order valence-corrected chi connectivity index (χ0v) is 11.3. The summed E-state index contributed by atoms with van der Waals surface area (Å²) >= 11 is 3.15. The number of halogens is 3. The molecular weight excluding hydrogens is 326 g/mol. The monoisotopic (exact) mass is 336 g/mol. The van der Waals surface area contributed by atoms with E-state index in [1.165, 1.54) is 17.3 Å². The van der Waals surface area contributed by atoms with Gasteiger partial charge in [0.05, 0.1) is 11.0 Å². The van der Waals surface area contributed by atoms with Crippen LogP contribution in [0.4, 0.5) is 14.7 Å². The fourth-order valence-corrected chi connectivity index (χ4v) is 2.12. The molecule has 1 amide bonds. The molecule has 1 aromatic rings. The third-order valence-electron chi connectivity index (χ3n) is 3.03. The Balaban J connectivity index is 2.20. The summed E-state index contributed by atoms with van der Waals surface area (Å²) in [6, 6.07) is 0. The van der Waals surface area contributed by atoms with Crippen LogP contribution in [0.1, 0.15) is 6.42 Å². The number of nitrogens with two attached hydrogens (primary N) is 1. The van der Waals surface area contributed by atoms with Crippen LogP contribution < -0.4 is 10.6 Å². The van der Waals surface area contributed by atoms with Crippen molar-refractivity contribution in [2.75, 3.05) is 18.0 Å². The Morgan fingerprint density at radius 2 is 2.11 bits per heavy atom. The lowest BCUT2D eigenvalue weighted by Crippen LogP contribution is -2.57. The number of hydrogen-bond acceptors (Lipinski definition) is 5. The minimum absolute atomic E-state index is 0.112. The molecule has 1 fully saturated rings. The number of hydrogen-bond donors (Lipinski definition) is 2. The molecule has 0 aliphatic carbocycles. The first-order valence-electron chi connectivity index (χ1n) is 5.39. The Kier molecular flexibility index (Phi) is 3.43. The van der Waals surface area contributed by atoms with E-state index in [2.05, 4.69) is 31.6 Å². The molecule has 0 spiro atoms. The summed E-state index contributed by atoms with van der Waals surface area (Å²) in [6.45, 7) is -0.342. The van der Waals surface area contributed by atoms with Gasteiger partial charge in [-0.05, 0) is 15.9 Å². The van der Waals surface area contributed by atoms with Gasteiger partial charge in [-0.25, -0.2) is 9.97 Å². The quantitative estimate of drug-likeness (QED) is 0.828. The van der Waals surface area contributed by atoms with Gasteiger partial charge in [0.25, 0.3) is 5.91 Å². The normalized spacial score (nSPS) is 23.7. The summed E-state index contributed by atoms with van der Waals surface area (Å²) in [5, 5.41) is 9.92. The van der Waals surface area contributed by atoms with E-state index in [1.54, 1.807) is 0 Å². The molecule has 3 N–H and O–H groups in total. The lowest BCUT2D eigenvalue weighted by Gasteiger charge is -2.29. The zero-order chi connectivity index (χ0) is 14.3. The van der Waals surface area contributed by atoms with Crippen molar-refractivity contribution in [3.05, 3.63) is 16.9 Å². The molecule has 0 aromatic carbocycles. The van der Waals surface area contributed by atoms with Crippen molar-refractivity contribution in [1.29, 1.82) is 0 Å². The minimum atomic E-state index is -3.99. The Labute approximate surface area is 115 Å². The van der Waals surface area contributed by atoms with Gasteiger partial charge in [0, 0.05) is 25.4 Å². The van der Waals surface area contributed by atoms with Crippen LogP contribution in [0.15, 0.2) is 16.9 Å². The number of aromatic nitrogens is 2. The summed E-state index contributed by atoms with van der Waals surface area (Å²) in [4.78, 5) is 20.0. The summed E-state index contributed by atoms with van der Waals surface area (Å²) in [6.07, 6.45) is 2.64. The number of primary amides is 1. The largest absolute Gasteiger partial charge is 0.381 e. The van der Waals surface area contributed by atoms with Crippen LogP contribution in [0.2, 0.25) is 0 Å².